The molecule has 1 rings (SSSR count). The van der Waals surface area contributed by atoms with Gasteiger partial charge in [0.05, 0.1) is 6.54 Å². The normalized spacial score (nSPS) is 20.0. The van der Waals surface area contributed by atoms with Crippen LogP contribution in [0.25, 0.3) is 0 Å². The van der Waals surface area contributed by atoms with Gasteiger partial charge in [0, 0.05) is 19.1 Å². The quantitative estimate of drug-likeness (QED) is 0.670. The molecule has 0 aliphatic carbocycles. The summed E-state index contributed by atoms with van der Waals surface area (Å²) in [5.74, 6) is -1.24. The Morgan fingerprint density at radius 3 is 2.32 bits per heavy atom. The van der Waals surface area contributed by atoms with Gasteiger partial charge in [-0.2, -0.15) is 0 Å². The molecule has 1 amide bonds. The second-order valence-electron chi connectivity index (χ2n) is 6.32. The Morgan fingerprint density at radius 1 is 1.37 bits per heavy atom. The molecule has 6 heteroatoms. The molecule has 1 saturated heterocycles. The van der Waals surface area contributed by atoms with Crippen LogP contribution in [0.3, 0.4) is 0 Å². The van der Waals surface area contributed by atoms with Gasteiger partial charge in [0.2, 0.25) is 5.91 Å². The molecule has 1 atom stereocenters. The Bertz CT molecular complexity index is 331. The van der Waals surface area contributed by atoms with Crippen molar-refractivity contribution in [3.05, 3.63) is 0 Å². The standard InChI is InChI=1S/C13H25N3O3/c1-13(2,3)11(12(18)19)15-10(17)8-16-6-4-9(14)5-7-16/h9,11H,4-8,14H2,1-3H3,(H,15,17)(H,18,19). The number of piperidine rings is 1. The summed E-state index contributed by atoms with van der Waals surface area (Å²) in [5, 5.41) is 11.8. The van der Waals surface area contributed by atoms with Crippen LogP contribution in [0.15, 0.2) is 0 Å². The van der Waals surface area contributed by atoms with Crippen molar-refractivity contribution >= 4 is 11.9 Å². The summed E-state index contributed by atoms with van der Waals surface area (Å²) in [7, 11) is 0. The number of likely N-dealkylation sites (tertiary alicyclic amines) is 1. The third-order valence-corrected chi connectivity index (χ3v) is 3.42. The van der Waals surface area contributed by atoms with Gasteiger partial charge in [-0.05, 0) is 18.3 Å². The number of carboxylic acids is 1. The highest BCUT2D eigenvalue weighted by atomic mass is 16.4. The first-order valence-corrected chi connectivity index (χ1v) is 6.70. The highest BCUT2D eigenvalue weighted by Gasteiger charge is 2.33. The number of nitrogens with zero attached hydrogens (tertiary/aromatic N) is 1. The summed E-state index contributed by atoms with van der Waals surface area (Å²) >= 11 is 0. The zero-order valence-electron chi connectivity index (χ0n) is 12.0. The molecule has 1 aliphatic heterocycles. The van der Waals surface area contributed by atoms with E-state index in [9.17, 15) is 9.59 Å². The summed E-state index contributed by atoms with van der Waals surface area (Å²) < 4.78 is 0. The van der Waals surface area contributed by atoms with Crippen molar-refractivity contribution in [1.29, 1.82) is 0 Å². The molecule has 0 spiro atoms. The van der Waals surface area contributed by atoms with Gasteiger partial charge in [-0.15, -0.1) is 0 Å². The number of carboxylic acid groups (broad SMARTS) is 1. The van der Waals surface area contributed by atoms with Gasteiger partial charge >= 0.3 is 5.97 Å². The van der Waals surface area contributed by atoms with Gasteiger partial charge in [0.15, 0.2) is 0 Å². The molecular weight excluding hydrogens is 246 g/mol. The van der Waals surface area contributed by atoms with Crippen molar-refractivity contribution in [2.24, 2.45) is 11.1 Å². The number of nitrogens with two attached hydrogens (primary N) is 1. The number of hydrogen-bond donors (Lipinski definition) is 3. The first-order chi connectivity index (χ1) is 8.70. The van der Waals surface area contributed by atoms with Crippen LogP contribution in [0.1, 0.15) is 33.6 Å². The number of carbonyl (C=O) groups is 2. The summed E-state index contributed by atoms with van der Waals surface area (Å²) in [6, 6.07) is -0.646. The monoisotopic (exact) mass is 271 g/mol. The predicted octanol–water partition coefficient (Wildman–Crippen LogP) is 0.0250. The average Bonchev–Trinajstić information content (AvgIpc) is 2.27. The number of amides is 1. The van der Waals surface area contributed by atoms with Gasteiger partial charge in [0.25, 0.3) is 0 Å². The van der Waals surface area contributed by atoms with Crippen LogP contribution in [0, 0.1) is 5.41 Å². The number of carbonyl (C=O) groups excluding carboxylic acids is 1. The number of rotatable bonds is 4. The van der Waals surface area contributed by atoms with Gasteiger partial charge in [-0.1, -0.05) is 20.8 Å². The fraction of sp³-hybridized carbons (Fsp3) is 0.846. The lowest BCUT2D eigenvalue weighted by atomic mass is 9.87. The van der Waals surface area contributed by atoms with Crippen LogP contribution >= 0.6 is 0 Å². The Balaban J connectivity index is 2.47. The van der Waals surface area contributed by atoms with Crippen molar-refractivity contribution in [3.8, 4) is 0 Å². The second kappa shape index (κ2) is 6.34. The SMILES string of the molecule is CC(C)(C)C(NC(=O)CN1CCC(N)CC1)C(=O)O. The molecular formula is C13H25N3O3. The molecule has 0 saturated carbocycles. The molecule has 0 aromatic heterocycles. The van der Waals surface area contributed by atoms with Crippen LogP contribution in [-0.2, 0) is 9.59 Å². The summed E-state index contributed by atoms with van der Waals surface area (Å²) in [6.45, 7) is 7.22. The topological polar surface area (TPSA) is 95.7 Å². The highest BCUT2D eigenvalue weighted by Crippen LogP contribution is 2.19. The van der Waals surface area contributed by atoms with Crippen LogP contribution in [0.4, 0.5) is 0 Å². The minimum atomic E-state index is -0.999. The zero-order chi connectivity index (χ0) is 14.6. The lowest BCUT2D eigenvalue weighted by Gasteiger charge is -2.31. The van der Waals surface area contributed by atoms with Gasteiger partial charge in [-0.3, -0.25) is 9.69 Å². The largest absolute Gasteiger partial charge is 0.480 e. The Kier molecular flexibility index (Phi) is 5.31. The fourth-order valence-corrected chi connectivity index (χ4v) is 2.17. The molecule has 1 unspecified atom stereocenters. The van der Waals surface area contributed by atoms with Crippen molar-refractivity contribution in [2.45, 2.75) is 45.7 Å². The molecule has 19 heavy (non-hydrogen) atoms. The molecule has 1 aliphatic rings. The second-order valence-corrected chi connectivity index (χ2v) is 6.32. The van der Waals surface area contributed by atoms with E-state index in [1.165, 1.54) is 0 Å². The van der Waals surface area contributed by atoms with E-state index in [2.05, 4.69) is 5.32 Å². The highest BCUT2D eigenvalue weighted by molar-refractivity contribution is 5.85. The molecule has 1 heterocycles. The number of nitrogens with one attached hydrogen (secondary N) is 1. The van der Waals surface area contributed by atoms with E-state index in [0.29, 0.717) is 0 Å². The van der Waals surface area contributed by atoms with Crippen molar-refractivity contribution in [2.75, 3.05) is 19.6 Å². The lowest BCUT2D eigenvalue weighted by Crippen LogP contribution is -2.52. The summed E-state index contributed by atoms with van der Waals surface area (Å²) in [6.07, 6.45) is 1.77. The van der Waals surface area contributed by atoms with E-state index < -0.39 is 17.4 Å². The van der Waals surface area contributed by atoms with Crippen LogP contribution in [0.5, 0.6) is 0 Å². The van der Waals surface area contributed by atoms with Gasteiger partial charge < -0.3 is 16.2 Å². The third kappa shape index (κ3) is 5.16. The molecule has 6 nitrogen and oxygen atoms in total. The van der Waals surface area contributed by atoms with Crippen molar-refractivity contribution < 1.29 is 14.7 Å². The minimum absolute atomic E-state index is 0.223. The Hall–Kier alpha value is -1.14. The van der Waals surface area contributed by atoms with E-state index in [0.717, 1.165) is 25.9 Å². The lowest BCUT2D eigenvalue weighted by molar-refractivity contribution is -0.145. The van der Waals surface area contributed by atoms with Crippen LogP contribution in [-0.4, -0.2) is 53.6 Å². The summed E-state index contributed by atoms with van der Waals surface area (Å²) in [4.78, 5) is 25.1. The molecule has 1 fully saturated rings. The maximum absolute atomic E-state index is 11.9. The fourth-order valence-electron chi connectivity index (χ4n) is 2.17. The number of aliphatic carboxylic acids is 1. The predicted molar refractivity (Wildman–Crippen MR) is 72.7 cm³/mol. The molecule has 0 radical (unpaired) electrons. The molecule has 0 bridgehead atoms. The zero-order valence-corrected chi connectivity index (χ0v) is 12.0. The van der Waals surface area contributed by atoms with Crippen molar-refractivity contribution in [3.63, 3.8) is 0 Å². The van der Waals surface area contributed by atoms with Gasteiger partial charge in [-0.25, -0.2) is 4.79 Å². The molecule has 0 aromatic rings. The van der Waals surface area contributed by atoms with E-state index in [1.807, 2.05) is 4.90 Å². The Morgan fingerprint density at radius 2 is 1.89 bits per heavy atom. The smallest absolute Gasteiger partial charge is 0.326 e. The van der Waals surface area contributed by atoms with Crippen LogP contribution < -0.4 is 11.1 Å². The molecule has 4 N–H and O–H groups in total. The Labute approximate surface area is 114 Å². The van der Waals surface area contributed by atoms with E-state index in [1.54, 1.807) is 20.8 Å². The van der Waals surface area contributed by atoms with Gasteiger partial charge in [0.1, 0.15) is 6.04 Å². The maximum atomic E-state index is 11.9. The minimum Gasteiger partial charge on any atom is -0.480 e. The maximum Gasteiger partial charge on any atom is 0.326 e. The van der Waals surface area contributed by atoms with Crippen molar-refractivity contribution in [1.82, 2.24) is 10.2 Å². The first-order valence-electron chi connectivity index (χ1n) is 6.70. The third-order valence-electron chi connectivity index (χ3n) is 3.42. The van der Waals surface area contributed by atoms with Crippen LogP contribution in [0.2, 0.25) is 0 Å². The number of hydrogen-bond acceptors (Lipinski definition) is 4. The first kappa shape index (κ1) is 15.9. The average molecular weight is 271 g/mol. The molecule has 0 aromatic carbocycles. The van der Waals surface area contributed by atoms with E-state index in [-0.39, 0.29) is 18.5 Å². The molecule has 110 valence electrons. The van der Waals surface area contributed by atoms with E-state index >= 15 is 0 Å². The van der Waals surface area contributed by atoms with E-state index in [4.69, 9.17) is 10.8 Å². The summed E-state index contributed by atoms with van der Waals surface area (Å²) in [5.41, 5.74) is 5.29.